The number of carbonyl (C=O) groups excluding carboxylic acids is 2. The van der Waals surface area contributed by atoms with Crippen molar-refractivity contribution in [3.8, 4) is 11.5 Å². The molecule has 1 N–H and O–H groups in total. The SMILES string of the molecule is COC(=O)C(Cc1ccccc1)NC(=O)c1cc(OC)cc(OC)c1. The largest absolute Gasteiger partial charge is 0.497 e. The minimum absolute atomic E-state index is 0.332. The van der Waals surface area contributed by atoms with Gasteiger partial charge in [0.2, 0.25) is 0 Å². The molecule has 25 heavy (non-hydrogen) atoms. The van der Waals surface area contributed by atoms with Gasteiger partial charge in [-0.1, -0.05) is 30.3 Å². The highest BCUT2D eigenvalue weighted by molar-refractivity contribution is 5.97. The first kappa shape index (κ1) is 18.3. The lowest BCUT2D eigenvalue weighted by atomic mass is 10.1. The van der Waals surface area contributed by atoms with Gasteiger partial charge in [0, 0.05) is 18.1 Å². The van der Waals surface area contributed by atoms with Gasteiger partial charge in [0.1, 0.15) is 17.5 Å². The zero-order chi connectivity index (χ0) is 18.2. The molecule has 0 aromatic heterocycles. The maximum Gasteiger partial charge on any atom is 0.328 e. The molecule has 1 atom stereocenters. The van der Waals surface area contributed by atoms with Crippen LogP contribution in [0, 0.1) is 0 Å². The smallest absolute Gasteiger partial charge is 0.328 e. The van der Waals surface area contributed by atoms with Crippen LogP contribution in [0.15, 0.2) is 48.5 Å². The number of rotatable bonds is 7. The van der Waals surface area contributed by atoms with E-state index >= 15 is 0 Å². The molecule has 0 spiro atoms. The summed E-state index contributed by atoms with van der Waals surface area (Å²) in [6, 6.07) is 13.4. The first-order chi connectivity index (χ1) is 12.1. The van der Waals surface area contributed by atoms with Crippen molar-refractivity contribution in [2.45, 2.75) is 12.5 Å². The first-order valence-corrected chi connectivity index (χ1v) is 7.73. The Balaban J connectivity index is 2.20. The summed E-state index contributed by atoms with van der Waals surface area (Å²) in [5.41, 5.74) is 1.25. The van der Waals surface area contributed by atoms with Crippen LogP contribution < -0.4 is 14.8 Å². The van der Waals surface area contributed by atoms with E-state index in [-0.39, 0.29) is 0 Å². The van der Waals surface area contributed by atoms with Crippen LogP contribution in [0.1, 0.15) is 15.9 Å². The van der Waals surface area contributed by atoms with Crippen LogP contribution in [0.2, 0.25) is 0 Å². The van der Waals surface area contributed by atoms with E-state index in [0.717, 1.165) is 5.56 Å². The summed E-state index contributed by atoms with van der Waals surface area (Å²) in [6.45, 7) is 0. The Kier molecular flexibility index (Phi) is 6.39. The Morgan fingerprint density at radius 1 is 0.960 bits per heavy atom. The second-order valence-electron chi connectivity index (χ2n) is 5.34. The van der Waals surface area contributed by atoms with Gasteiger partial charge in [-0.25, -0.2) is 4.79 Å². The van der Waals surface area contributed by atoms with Crippen molar-refractivity contribution in [1.82, 2.24) is 5.32 Å². The Bertz CT molecular complexity index is 708. The molecule has 1 amide bonds. The van der Waals surface area contributed by atoms with E-state index in [4.69, 9.17) is 14.2 Å². The van der Waals surface area contributed by atoms with Crippen LogP contribution in [-0.4, -0.2) is 39.2 Å². The summed E-state index contributed by atoms with van der Waals surface area (Å²) in [7, 11) is 4.30. The van der Waals surface area contributed by atoms with Crippen LogP contribution in [0.5, 0.6) is 11.5 Å². The molecule has 2 rings (SSSR count). The fraction of sp³-hybridized carbons (Fsp3) is 0.263. The molecule has 0 fully saturated rings. The topological polar surface area (TPSA) is 73.9 Å². The highest BCUT2D eigenvalue weighted by Crippen LogP contribution is 2.22. The third-order valence-corrected chi connectivity index (χ3v) is 3.69. The van der Waals surface area contributed by atoms with Crippen LogP contribution in [0.4, 0.5) is 0 Å². The predicted molar refractivity (Wildman–Crippen MR) is 93.0 cm³/mol. The Morgan fingerprint density at radius 3 is 2.08 bits per heavy atom. The quantitative estimate of drug-likeness (QED) is 0.781. The summed E-state index contributed by atoms with van der Waals surface area (Å²) < 4.78 is 15.1. The number of amides is 1. The van der Waals surface area contributed by atoms with Crippen molar-refractivity contribution < 1.29 is 23.8 Å². The summed E-state index contributed by atoms with van der Waals surface area (Å²) in [5, 5.41) is 2.71. The lowest BCUT2D eigenvalue weighted by molar-refractivity contribution is -0.142. The molecule has 0 heterocycles. The van der Waals surface area contributed by atoms with Gasteiger partial charge < -0.3 is 19.5 Å². The van der Waals surface area contributed by atoms with Gasteiger partial charge in [0.15, 0.2) is 0 Å². The maximum atomic E-state index is 12.6. The molecule has 0 radical (unpaired) electrons. The van der Waals surface area contributed by atoms with Gasteiger partial charge in [-0.05, 0) is 17.7 Å². The van der Waals surface area contributed by atoms with Crippen molar-refractivity contribution >= 4 is 11.9 Å². The molecule has 0 saturated heterocycles. The minimum atomic E-state index is -0.794. The summed E-state index contributed by atoms with van der Waals surface area (Å²) in [6.07, 6.45) is 0.334. The second kappa shape index (κ2) is 8.73. The van der Waals surface area contributed by atoms with E-state index in [2.05, 4.69) is 5.32 Å². The fourth-order valence-electron chi connectivity index (χ4n) is 2.37. The summed E-state index contributed by atoms with van der Waals surface area (Å²) in [5.74, 6) is 0.0555. The number of nitrogens with one attached hydrogen (secondary N) is 1. The Morgan fingerprint density at radius 2 is 1.56 bits per heavy atom. The number of carbonyl (C=O) groups is 2. The monoisotopic (exact) mass is 343 g/mol. The molecule has 132 valence electrons. The van der Waals surface area contributed by atoms with Crippen molar-refractivity contribution in [3.63, 3.8) is 0 Å². The van der Waals surface area contributed by atoms with Gasteiger partial charge in [-0.2, -0.15) is 0 Å². The first-order valence-electron chi connectivity index (χ1n) is 7.73. The van der Waals surface area contributed by atoms with Gasteiger partial charge in [-0.3, -0.25) is 4.79 Å². The summed E-state index contributed by atoms with van der Waals surface area (Å²) in [4.78, 5) is 24.6. The lowest BCUT2D eigenvalue weighted by Crippen LogP contribution is -2.43. The van der Waals surface area contributed by atoms with Crippen LogP contribution >= 0.6 is 0 Å². The molecule has 0 bridgehead atoms. The van der Waals surface area contributed by atoms with Gasteiger partial charge in [0.05, 0.1) is 21.3 Å². The molecule has 2 aromatic rings. The molecule has 1 unspecified atom stereocenters. The lowest BCUT2D eigenvalue weighted by Gasteiger charge is -2.17. The molecular formula is C19H21NO5. The van der Waals surface area contributed by atoms with Crippen molar-refractivity contribution in [3.05, 3.63) is 59.7 Å². The third-order valence-electron chi connectivity index (χ3n) is 3.69. The molecule has 6 nitrogen and oxygen atoms in total. The summed E-state index contributed by atoms with van der Waals surface area (Å²) >= 11 is 0. The highest BCUT2D eigenvalue weighted by atomic mass is 16.5. The predicted octanol–water partition coefficient (Wildman–Crippen LogP) is 2.22. The molecule has 0 aliphatic heterocycles. The van der Waals surface area contributed by atoms with E-state index in [0.29, 0.717) is 23.5 Å². The normalized spacial score (nSPS) is 11.3. The zero-order valence-electron chi connectivity index (χ0n) is 14.4. The molecule has 0 saturated carbocycles. The number of benzene rings is 2. The standard InChI is InChI=1S/C19H21NO5/c1-23-15-10-14(11-16(12-15)24-2)18(21)20-17(19(22)25-3)9-13-7-5-4-6-8-13/h4-8,10-12,17H,9H2,1-3H3,(H,20,21). The maximum absolute atomic E-state index is 12.6. The van der Waals surface area contributed by atoms with Crippen LogP contribution in [0.25, 0.3) is 0 Å². The van der Waals surface area contributed by atoms with Gasteiger partial charge in [0.25, 0.3) is 5.91 Å². The molecule has 2 aromatic carbocycles. The molecule has 0 aliphatic carbocycles. The highest BCUT2D eigenvalue weighted by Gasteiger charge is 2.23. The Hall–Kier alpha value is -3.02. The van der Waals surface area contributed by atoms with Crippen molar-refractivity contribution in [1.29, 1.82) is 0 Å². The van der Waals surface area contributed by atoms with E-state index in [9.17, 15) is 9.59 Å². The number of methoxy groups -OCH3 is 3. The number of hydrogen-bond acceptors (Lipinski definition) is 5. The molecule has 6 heteroatoms. The number of ether oxygens (including phenoxy) is 3. The Labute approximate surface area is 146 Å². The van der Waals surface area contributed by atoms with Crippen LogP contribution in [-0.2, 0) is 16.0 Å². The van der Waals surface area contributed by atoms with Crippen molar-refractivity contribution in [2.24, 2.45) is 0 Å². The average Bonchev–Trinajstić information content (AvgIpc) is 2.66. The second-order valence-corrected chi connectivity index (χ2v) is 5.34. The average molecular weight is 343 g/mol. The zero-order valence-corrected chi connectivity index (χ0v) is 14.4. The molecular weight excluding hydrogens is 322 g/mol. The van der Waals surface area contributed by atoms with Gasteiger partial charge >= 0.3 is 5.97 Å². The molecule has 0 aliphatic rings. The third kappa shape index (κ3) is 4.97. The van der Waals surface area contributed by atoms with Crippen LogP contribution in [0.3, 0.4) is 0 Å². The van der Waals surface area contributed by atoms with Gasteiger partial charge in [-0.15, -0.1) is 0 Å². The number of hydrogen-bond donors (Lipinski definition) is 1. The minimum Gasteiger partial charge on any atom is -0.497 e. The van der Waals surface area contributed by atoms with E-state index < -0.39 is 17.9 Å². The number of esters is 1. The fourth-order valence-corrected chi connectivity index (χ4v) is 2.37. The van der Waals surface area contributed by atoms with E-state index in [1.807, 2.05) is 30.3 Å². The van der Waals surface area contributed by atoms with E-state index in [1.165, 1.54) is 21.3 Å². The van der Waals surface area contributed by atoms with E-state index in [1.54, 1.807) is 18.2 Å². The van der Waals surface area contributed by atoms with Crippen molar-refractivity contribution in [2.75, 3.05) is 21.3 Å².